The van der Waals surface area contributed by atoms with Crippen LogP contribution in [0.1, 0.15) is 12.5 Å². The van der Waals surface area contributed by atoms with E-state index in [1.807, 2.05) is 6.92 Å². The molecular formula is C21H27N3O6. The van der Waals surface area contributed by atoms with Gasteiger partial charge < -0.3 is 34.9 Å². The molecule has 0 aliphatic rings. The monoisotopic (exact) mass is 417 g/mol. The van der Waals surface area contributed by atoms with E-state index in [0.29, 0.717) is 35.2 Å². The SMILES string of the molecule is CCNC(=O)COc1ccc(NC(=O)NCc2cc(OC)c(OC)c(OC)c2)cc1. The number of hydrogen-bond donors (Lipinski definition) is 3. The number of amides is 3. The highest BCUT2D eigenvalue weighted by Crippen LogP contribution is 2.38. The first kappa shape index (κ1) is 22.7. The summed E-state index contributed by atoms with van der Waals surface area (Å²) in [7, 11) is 4.59. The predicted octanol–water partition coefficient (Wildman–Crippen LogP) is 2.55. The third-order valence-electron chi connectivity index (χ3n) is 4.03. The maximum absolute atomic E-state index is 12.2. The molecule has 0 radical (unpaired) electrons. The number of carbonyl (C=O) groups excluding carboxylic acids is 2. The Bertz CT molecular complexity index is 829. The van der Waals surface area contributed by atoms with Crippen LogP contribution in [0.15, 0.2) is 36.4 Å². The molecule has 0 aliphatic carbocycles. The van der Waals surface area contributed by atoms with Crippen LogP contribution >= 0.6 is 0 Å². The van der Waals surface area contributed by atoms with Crippen molar-refractivity contribution >= 4 is 17.6 Å². The fourth-order valence-corrected chi connectivity index (χ4v) is 2.63. The molecule has 3 N–H and O–H groups in total. The van der Waals surface area contributed by atoms with Gasteiger partial charge in [-0.05, 0) is 48.9 Å². The van der Waals surface area contributed by atoms with E-state index in [9.17, 15) is 9.59 Å². The molecule has 9 heteroatoms. The third-order valence-corrected chi connectivity index (χ3v) is 4.03. The molecule has 0 spiro atoms. The van der Waals surface area contributed by atoms with E-state index < -0.39 is 0 Å². The molecule has 0 aliphatic heterocycles. The highest BCUT2D eigenvalue weighted by molar-refractivity contribution is 5.89. The van der Waals surface area contributed by atoms with E-state index in [1.54, 1.807) is 36.4 Å². The lowest BCUT2D eigenvalue weighted by molar-refractivity contribution is -0.122. The standard InChI is InChI=1S/C21H27N3O6/c1-5-22-19(25)13-30-16-8-6-15(7-9-16)24-21(26)23-12-14-10-17(27-2)20(29-4)18(11-14)28-3/h6-11H,5,12-13H2,1-4H3,(H,22,25)(H2,23,24,26). The minimum Gasteiger partial charge on any atom is -0.493 e. The van der Waals surface area contributed by atoms with Crippen molar-refractivity contribution in [2.45, 2.75) is 13.5 Å². The number of likely N-dealkylation sites (N-methyl/N-ethyl adjacent to an activating group) is 1. The topological polar surface area (TPSA) is 107 Å². The number of urea groups is 1. The second kappa shape index (κ2) is 11.4. The summed E-state index contributed by atoms with van der Waals surface area (Å²) in [5.41, 5.74) is 1.37. The minimum atomic E-state index is -0.375. The van der Waals surface area contributed by atoms with Crippen molar-refractivity contribution in [3.63, 3.8) is 0 Å². The highest BCUT2D eigenvalue weighted by atomic mass is 16.5. The maximum Gasteiger partial charge on any atom is 0.319 e. The second-order valence-electron chi connectivity index (χ2n) is 6.11. The number of methoxy groups -OCH3 is 3. The van der Waals surface area contributed by atoms with E-state index in [4.69, 9.17) is 18.9 Å². The Morgan fingerprint density at radius 2 is 1.53 bits per heavy atom. The lowest BCUT2D eigenvalue weighted by Gasteiger charge is -2.14. The fraction of sp³-hybridized carbons (Fsp3) is 0.333. The number of rotatable bonds is 10. The first-order valence-corrected chi connectivity index (χ1v) is 9.34. The van der Waals surface area contributed by atoms with Crippen molar-refractivity contribution < 1.29 is 28.5 Å². The molecule has 2 aromatic rings. The summed E-state index contributed by atoms with van der Waals surface area (Å²) in [6, 6.07) is 9.88. The van der Waals surface area contributed by atoms with E-state index in [-0.39, 0.29) is 25.1 Å². The molecule has 0 bridgehead atoms. The Morgan fingerprint density at radius 3 is 2.07 bits per heavy atom. The van der Waals surface area contributed by atoms with Crippen LogP contribution in [0, 0.1) is 0 Å². The van der Waals surface area contributed by atoms with Gasteiger partial charge in [0.2, 0.25) is 5.75 Å². The summed E-state index contributed by atoms with van der Waals surface area (Å²) >= 11 is 0. The minimum absolute atomic E-state index is 0.0596. The molecule has 9 nitrogen and oxygen atoms in total. The quantitative estimate of drug-likeness (QED) is 0.548. The molecule has 0 fully saturated rings. The van der Waals surface area contributed by atoms with Gasteiger partial charge in [-0.25, -0.2) is 4.79 Å². The Kier molecular flexibility index (Phi) is 8.61. The van der Waals surface area contributed by atoms with Crippen molar-refractivity contribution in [1.29, 1.82) is 0 Å². The molecule has 162 valence electrons. The van der Waals surface area contributed by atoms with Crippen LogP contribution in [0.5, 0.6) is 23.0 Å². The second-order valence-corrected chi connectivity index (χ2v) is 6.11. The number of nitrogens with one attached hydrogen (secondary N) is 3. The predicted molar refractivity (Wildman–Crippen MR) is 113 cm³/mol. The molecular weight excluding hydrogens is 390 g/mol. The van der Waals surface area contributed by atoms with Gasteiger partial charge in [0, 0.05) is 18.8 Å². The Balaban J connectivity index is 1.89. The van der Waals surface area contributed by atoms with Crippen LogP contribution in [-0.2, 0) is 11.3 Å². The summed E-state index contributed by atoms with van der Waals surface area (Å²) in [5.74, 6) is 1.85. The van der Waals surface area contributed by atoms with Gasteiger partial charge in [-0.3, -0.25) is 4.79 Å². The number of benzene rings is 2. The summed E-state index contributed by atoms with van der Waals surface area (Å²) in [6.07, 6.45) is 0. The van der Waals surface area contributed by atoms with Crippen LogP contribution in [0.3, 0.4) is 0 Å². The molecule has 0 atom stereocenters. The van der Waals surface area contributed by atoms with Gasteiger partial charge >= 0.3 is 6.03 Å². The van der Waals surface area contributed by atoms with Gasteiger partial charge in [-0.2, -0.15) is 0 Å². The molecule has 2 aromatic carbocycles. The van der Waals surface area contributed by atoms with Gasteiger partial charge in [0.05, 0.1) is 21.3 Å². The lowest BCUT2D eigenvalue weighted by atomic mass is 10.2. The number of carbonyl (C=O) groups is 2. The largest absolute Gasteiger partial charge is 0.493 e. The van der Waals surface area contributed by atoms with Crippen molar-refractivity contribution in [2.75, 3.05) is 39.8 Å². The number of hydrogen-bond acceptors (Lipinski definition) is 6. The van der Waals surface area contributed by atoms with Gasteiger partial charge in [0.1, 0.15) is 5.75 Å². The number of anilines is 1. The first-order valence-electron chi connectivity index (χ1n) is 9.34. The van der Waals surface area contributed by atoms with Crippen molar-refractivity contribution in [3.05, 3.63) is 42.0 Å². The Hall–Kier alpha value is -3.62. The first-order chi connectivity index (χ1) is 14.5. The van der Waals surface area contributed by atoms with Gasteiger partial charge in [0.25, 0.3) is 5.91 Å². The number of ether oxygens (including phenoxy) is 4. The molecule has 0 unspecified atom stereocenters. The molecule has 3 amide bonds. The van der Waals surface area contributed by atoms with Gasteiger partial charge in [-0.1, -0.05) is 0 Å². The lowest BCUT2D eigenvalue weighted by Crippen LogP contribution is -2.28. The smallest absolute Gasteiger partial charge is 0.319 e. The zero-order chi connectivity index (χ0) is 21.9. The fourth-order valence-electron chi connectivity index (χ4n) is 2.63. The average molecular weight is 417 g/mol. The van der Waals surface area contributed by atoms with Crippen LogP contribution in [0.25, 0.3) is 0 Å². The zero-order valence-corrected chi connectivity index (χ0v) is 17.5. The molecule has 0 heterocycles. The molecule has 0 saturated heterocycles. The summed E-state index contributed by atoms with van der Waals surface area (Å²) < 4.78 is 21.3. The average Bonchev–Trinajstić information content (AvgIpc) is 2.76. The van der Waals surface area contributed by atoms with E-state index in [1.165, 1.54) is 21.3 Å². The molecule has 30 heavy (non-hydrogen) atoms. The summed E-state index contributed by atoms with van der Waals surface area (Å²) in [6.45, 7) is 2.59. The Labute approximate surface area is 175 Å². The van der Waals surface area contributed by atoms with Gasteiger partial charge in [-0.15, -0.1) is 0 Å². The van der Waals surface area contributed by atoms with Crippen molar-refractivity contribution in [2.24, 2.45) is 0 Å². The van der Waals surface area contributed by atoms with Crippen LogP contribution in [0.2, 0.25) is 0 Å². The van der Waals surface area contributed by atoms with E-state index in [2.05, 4.69) is 16.0 Å². The van der Waals surface area contributed by atoms with Crippen LogP contribution in [-0.4, -0.2) is 46.4 Å². The summed E-state index contributed by atoms with van der Waals surface area (Å²) in [5, 5.41) is 8.15. The van der Waals surface area contributed by atoms with E-state index in [0.717, 1.165) is 5.56 Å². The van der Waals surface area contributed by atoms with Gasteiger partial charge in [0.15, 0.2) is 18.1 Å². The normalized spacial score (nSPS) is 10.0. The highest BCUT2D eigenvalue weighted by Gasteiger charge is 2.13. The molecule has 0 aromatic heterocycles. The van der Waals surface area contributed by atoms with Crippen molar-refractivity contribution in [1.82, 2.24) is 10.6 Å². The van der Waals surface area contributed by atoms with Crippen LogP contribution in [0.4, 0.5) is 10.5 Å². The van der Waals surface area contributed by atoms with Crippen molar-refractivity contribution in [3.8, 4) is 23.0 Å². The molecule has 2 rings (SSSR count). The molecule has 0 saturated carbocycles. The maximum atomic E-state index is 12.2. The van der Waals surface area contributed by atoms with Crippen LogP contribution < -0.4 is 34.9 Å². The van der Waals surface area contributed by atoms with E-state index >= 15 is 0 Å². The zero-order valence-electron chi connectivity index (χ0n) is 17.5. The third kappa shape index (κ3) is 6.47. The Morgan fingerprint density at radius 1 is 0.900 bits per heavy atom. The summed E-state index contributed by atoms with van der Waals surface area (Å²) in [4.78, 5) is 23.6.